The van der Waals surface area contributed by atoms with E-state index in [4.69, 9.17) is 5.11 Å². The Morgan fingerprint density at radius 3 is 2.73 bits per heavy atom. The first-order chi connectivity index (χ1) is 7.00. The normalized spacial score (nSPS) is 24.2. The number of carboxylic acids is 1. The lowest BCUT2D eigenvalue weighted by Crippen LogP contribution is -2.51. The molecule has 0 saturated carbocycles. The summed E-state index contributed by atoms with van der Waals surface area (Å²) in [5, 5.41) is 11.1. The highest BCUT2D eigenvalue weighted by Crippen LogP contribution is 2.19. The highest BCUT2D eigenvalue weighted by Gasteiger charge is 2.46. The van der Waals surface area contributed by atoms with Gasteiger partial charge in [-0.2, -0.15) is 0 Å². The third kappa shape index (κ3) is 2.36. The third-order valence-corrected chi connectivity index (χ3v) is 2.18. The molecule has 7 heteroatoms. The minimum Gasteiger partial charge on any atom is -0.479 e. The summed E-state index contributed by atoms with van der Waals surface area (Å²) < 4.78 is 8.89. The number of amides is 1. The van der Waals surface area contributed by atoms with Gasteiger partial charge in [0.05, 0.1) is 7.11 Å². The standard InChI is InChI=1S/C8H11NO6/c1-14-5(10)2-3-8(6(11)12)4-15-7(13)9-8/h2-4H2,1H3,(H,9,13)(H,11,12)/t8-/m0/s1. The fourth-order valence-corrected chi connectivity index (χ4v) is 1.23. The number of aliphatic carboxylic acids is 1. The molecule has 1 saturated heterocycles. The fraction of sp³-hybridized carbons (Fsp3) is 0.625. The molecule has 0 aromatic carbocycles. The molecular formula is C8H11NO6. The van der Waals surface area contributed by atoms with E-state index in [2.05, 4.69) is 14.8 Å². The summed E-state index contributed by atoms with van der Waals surface area (Å²) in [6, 6.07) is 0. The second-order valence-electron chi connectivity index (χ2n) is 3.16. The Labute approximate surface area is 85.3 Å². The summed E-state index contributed by atoms with van der Waals surface area (Å²) in [6.07, 6.45) is -0.935. The largest absolute Gasteiger partial charge is 0.479 e. The molecule has 1 aliphatic rings. The molecule has 1 heterocycles. The minimum absolute atomic E-state index is 0.0548. The Hall–Kier alpha value is -1.79. The van der Waals surface area contributed by atoms with Crippen molar-refractivity contribution in [2.75, 3.05) is 13.7 Å². The van der Waals surface area contributed by atoms with Gasteiger partial charge in [-0.3, -0.25) is 4.79 Å². The number of ether oxygens (including phenoxy) is 2. The number of esters is 1. The van der Waals surface area contributed by atoms with Crippen molar-refractivity contribution >= 4 is 18.0 Å². The summed E-state index contributed by atoms with van der Waals surface area (Å²) in [6.45, 7) is -0.280. The van der Waals surface area contributed by atoms with Gasteiger partial charge in [-0.15, -0.1) is 0 Å². The molecule has 7 nitrogen and oxygen atoms in total. The number of methoxy groups -OCH3 is 1. The van der Waals surface area contributed by atoms with Gasteiger partial charge >= 0.3 is 18.0 Å². The van der Waals surface area contributed by atoms with E-state index in [0.29, 0.717) is 0 Å². The number of carbonyl (C=O) groups is 3. The van der Waals surface area contributed by atoms with Crippen molar-refractivity contribution in [2.45, 2.75) is 18.4 Å². The van der Waals surface area contributed by atoms with Gasteiger partial charge in [0, 0.05) is 6.42 Å². The zero-order valence-corrected chi connectivity index (χ0v) is 8.11. The Morgan fingerprint density at radius 1 is 1.67 bits per heavy atom. The second-order valence-corrected chi connectivity index (χ2v) is 3.16. The number of carbonyl (C=O) groups excluding carboxylic acids is 2. The van der Waals surface area contributed by atoms with Crippen molar-refractivity contribution in [3.05, 3.63) is 0 Å². The van der Waals surface area contributed by atoms with Gasteiger partial charge in [-0.1, -0.05) is 0 Å². The summed E-state index contributed by atoms with van der Waals surface area (Å²) in [5.74, 6) is -1.76. The maximum Gasteiger partial charge on any atom is 0.408 e. The van der Waals surface area contributed by atoms with E-state index < -0.39 is 23.6 Å². The molecule has 15 heavy (non-hydrogen) atoms. The number of nitrogens with one attached hydrogen (secondary N) is 1. The molecule has 0 radical (unpaired) electrons. The molecule has 0 aromatic heterocycles. The average Bonchev–Trinajstić information content (AvgIpc) is 2.58. The SMILES string of the molecule is COC(=O)CC[C@@]1(C(=O)O)COC(=O)N1. The molecule has 0 spiro atoms. The number of alkyl carbamates (subject to hydrolysis) is 1. The predicted octanol–water partition coefficient (Wildman–Crippen LogP) is -0.497. The number of cyclic esters (lactones) is 1. The van der Waals surface area contributed by atoms with Gasteiger partial charge in [0.15, 0.2) is 5.54 Å². The number of rotatable bonds is 4. The molecule has 0 unspecified atom stereocenters. The monoisotopic (exact) mass is 217 g/mol. The van der Waals surface area contributed by atoms with Crippen molar-refractivity contribution in [2.24, 2.45) is 0 Å². The van der Waals surface area contributed by atoms with Crippen LogP contribution in [0.1, 0.15) is 12.8 Å². The van der Waals surface area contributed by atoms with E-state index >= 15 is 0 Å². The summed E-state index contributed by atoms with van der Waals surface area (Å²) in [5.41, 5.74) is -1.51. The number of carboxylic acid groups (broad SMARTS) is 1. The van der Waals surface area contributed by atoms with Gasteiger partial charge in [0.1, 0.15) is 6.61 Å². The molecule has 84 valence electrons. The van der Waals surface area contributed by atoms with Crippen LogP contribution in [-0.4, -0.2) is 42.4 Å². The van der Waals surface area contributed by atoms with E-state index in [9.17, 15) is 14.4 Å². The maximum absolute atomic E-state index is 10.9. The van der Waals surface area contributed by atoms with Crippen LogP contribution in [0, 0.1) is 0 Å². The first-order valence-corrected chi connectivity index (χ1v) is 4.25. The van der Waals surface area contributed by atoms with Crippen molar-refractivity contribution in [1.82, 2.24) is 5.32 Å². The van der Waals surface area contributed by atoms with Crippen LogP contribution < -0.4 is 5.32 Å². The van der Waals surface area contributed by atoms with E-state index in [1.165, 1.54) is 7.11 Å². The molecule has 0 aliphatic carbocycles. The predicted molar refractivity (Wildman–Crippen MR) is 46.1 cm³/mol. The highest BCUT2D eigenvalue weighted by molar-refractivity contribution is 5.87. The van der Waals surface area contributed by atoms with Crippen molar-refractivity contribution in [3.63, 3.8) is 0 Å². The van der Waals surface area contributed by atoms with Gasteiger partial charge in [-0.25, -0.2) is 9.59 Å². The molecule has 2 N–H and O–H groups in total. The van der Waals surface area contributed by atoms with Crippen molar-refractivity contribution in [3.8, 4) is 0 Å². The van der Waals surface area contributed by atoms with E-state index in [1.807, 2.05) is 0 Å². The Morgan fingerprint density at radius 2 is 2.33 bits per heavy atom. The maximum atomic E-state index is 10.9. The molecule has 1 amide bonds. The lowest BCUT2D eigenvalue weighted by atomic mass is 9.95. The summed E-state index contributed by atoms with van der Waals surface area (Å²) in [7, 11) is 1.21. The van der Waals surface area contributed by atoms with Crippen LogP contribution in [0.4, 0.5) is 4.79 Å². The average molecular weight is 217 g/mol. The van der Waals surface area contributed by atoms with Crippen molar-refractivity contribution in [1.29, 1.82) is 0 Å². The molecule has 1 aliphatic heterocycles. The van der Waals surface area contributed by atoms with Crippen molar-refractivity contribution < 1.29 is 29.0 Å². The zero-order chi connectivity index (χ0) is 11.5. The van der Waals surface area contributed by atoms with Gasteiger partial charge in [0.25, 0.3) is 0 Å². The van der Waals surface area contributed by atoms with E-state index in [1.54, 1.807) is 0 Å². The van der Waals surface area contributed by atoms with Crippen LogP contribution in [0.25, 0.3) is 0 Å². The van der Waals surface area contributed by atoms with Crippen LogP contribution in [0.15, 0.2) is 0 Å². The van der Waals surface area contributed by atoms with Gasteiger partial charge in [-0.05, 0) is 6.42 Å². The number of hydrogen-bond acceptors (Lipinski definition) is 5. The molecule has 0 aromatic rings. The summed E-state index contributed by atoms with van der Waals surface area (Å²) >= 11 is 0. The molecule has 1 rings (SSSR count). The number of hydrogen-bond donors (Lipinski definition) is 2. The van der Waals surface area contributed by atoms with Gasteiger partial charge < -0.3 is 19.9 Å². The second kappa shape index (κ2) is 4.16. The zero-order valence-electron chi connectivity index (χ0n) is 8.11. The van der Waals surface area contributed by atoms with E-state index in [-0.39, 0.29) is 19.4 Å². The van der Waals surface area contributed by atoms with Crippen LogP contribution in [0.5, 0.6) is 0 Å². The van der Waals surface area contributed by atoms with Crippen LogP contribution in [0.2, 0.25) is 0 Å². The van der Waals surface area contributed by atoms with Crippen LogP contribution >= 0.6 is 0 Å². The lowest BCUT2D eigenvalue weighted by Gasteiger charge is -2.20. The Balaban J connectivity index is 2.63. The highest BCUT2D eigenvalue weighted by atomic mass is 16.6. The Kier molecular flexibility index (Phi) is 3.13. The first-order valence-electron chi connectivity index (χ1n) is 4.25. The molecule has 0 bridgehead atoms. The summed E-state index contributed by atoms with van der Waals surface area (Å²) in [4.78, 5) is 32.5. The third-order valence-electron chi connectivity index (χ3n) is 2.18. The molecular weight excluding hydrogens is 206 g/mol. The van der Waals surface area contributed by atoms with Gasteiger partial charge in [0.2, 0.25) is 0 Å². The van der Waals surface area contributed by atoms with E-state index in [0.717, 1.165) is 0 Å². The Bertz CT molecular complexity index is 302. The fourth-order valence-electron chi connectivity index (χ4n) is 1.23. The quantitative estimate of drug-likeness (QED) is 0.615. The minimum atomic E-state index is -1.51. The topological polar surface area (TPSA) is 102 Å². The first kappa shape index (κ1) is 11.3. The molecule has 1 atom stereocenters. The molecule has 1 fully saturated rings. The van der Waals surface area contributed by atoms with Crippen LogP contribution in [0.3, 0.4) is 0 Å². The van der Waals surface area contributed by atoms with Crippen LogP contribution in [-0.2, 0) is 19.1 Å². The lowest BCUT2D eigenvalue weighted by molar-refractivity contribution is -0.146. The smallest absolute Gasteiger partial charge is 0.408 e.